The Morgan fingerprint density at radius 1 is 0.486 bits per heavy atom. The fourth-order valence-electron chi connectivity index (χ4n) is 8.37. The molecule has 0 radical (unpaired) electrons. The van der Waals surface area contributed by atoms with Gasteiger partial charge < -0.3 is 28.5 Å². The van der Waals surface area contributed by atoms with Crippen molar-refractivity contribution in [3.8, 4) is 0 Å². The van der Waals surface area contributed by atoms with Crippen molar-refractivity contribution in [3.63, 3.8) is 0 Å². The lowest BCUT2D eigenvalue weighted by Gasteiger charge is -2.30. The monoisotopic (exact) mass is 1050 g/mol. The van der Waals surface area contributed by atoms with Crippen LogP contribution in [0.1, 0.15) is 258 Å². The number of rotatable bonds is 54. The Bertz CT molecular complexity index is 1540. The number of hydrogen-bond donors (Lipinski definition) is 1. The van der Waals surface area contributed by atoms with Crippen LogP contribution in [0.3, 0.4) is 0 Å². The number of esters is 1. The topological polar surface area (TPSA) is 114 Å². The molecule has 0 aliphatic rings. The van der Waals surface area contributed by atoms with Crippen molar-refractivity contribution < 1.29 is 37.3 Å². The Morgan fingerprint density at radius 2 is 0.865 bits per heavy atom. The van der Waals surface area contributed by atoms with Crippen LogP contribution in [0.15, 0.2) is 85.1 Å². The van der Waals surface area contributed by atoms with Gasteiger partial charge in [-0.1, -0.05) is 228 Å². The zero-order chi connectivity index (χ0) is 54.3. The summed E-state index contributed by atoms with van der Waals surface area (Å²) in [5.74, 6) is -0.585. The van der Waals surface area contributed by atoms with E-state index in [-0.39, 0.29) is 31.3 Å². The highest BCUT2D eigenvalue weighted by Crippen LogP contribution is 2.38. The van der Waals surface area contributed by atoms with Gasteiger partial charge >= 0.3 is 5.97 Å². The van der Waals surface area contributed by atoms with E-state index in [0.29, 0.717) is 17.4 Å². The molecule has 1 N–H and O–H groups in total. The third-order valence-electron chi connectivity index (χ3n) is 13.1. The largest absolute Gasteiger partial charge is 0.756 e. The maximum Gasteiger partial charge on any atom is 0.306 e. The molecule has 10 heteroatoms. The fraction of sp³-hybridized carbons (Fsp3) is 0.750. The second-order valence-electron chi connectivity index (χ2n) is 21.5. The molecule has 0 aliphatic heterocycles. The molecular weight excluding hydrogens is 940 g/mol. The summed E-state index contributed by atoms with van der Waals surface area (Å²) in [6.07, 6.45) is 69.7. The van der Waals surface area contributed by atoms with E-state index in [2.05, 4.69) is 99.0 Å². The van der Waals surface area contributed by atoms with Crippen molar-refractivity contribution in [1.29, 1.82) is 0 Å². The van der Waals surface area contributed by atoms with Crippen molar-refractivity contribution in [1.82, 2.24) is 5.32 Å². The van der Waals surface area contributed by atoms with Crippen LogP contribution < -0.4 is 10.2 Å². The number of likely N-dealkylation sites (N-methyl/N-ethyl adjacent to an activating group) is 1. The van der Waals surface area contributed by atoms with Crippen LogP contribution in [0.25, 0.3) is 0 Å². The van der Waals surface area contributed by atoms with E-state index >= 15 is 0 Å². The van der Waals surface area contributed by atoms with E-state index in [1.807, 2.05) is 33.3 Å². The summed E-state index contributed by atoms with van der Waals surface area (Å²) in [7, 11) is 1.15. The van der Waals surface area contributed by atoms with Crippen LogP contribution >= 0.6 is 7.82 Å². The van der Waals surface area contributed by atoms with Crippen molar-refractivity contribution >= 4 is 19.7 Å². The standard InChI is InChI=1S/C64H115N2O7P/c1-7-10-13-16-19-22-25-28-30-32-33-35-36-38-41-44-47-50-53-56-63(67)65-61(60-72-74(69,70)71-59-58-66(4,5)6)62(55-52-49-46-43-40-27-24-21-18-15-12-9-3)73-64(68)57-54-51-48-45-42-39-37-34-31-29-26-23-20-17-14-11-8-2/h10,13,19,22,28-31,33,35,38,41,52,55,61-62H,7-9,11-12,14-18,20-21,23-27,32,34,36-37,39-40,42-51,53-54,56-60H2,1-6H3,(H-,65,67,69,70)/b13-10-,22-19-,30-28-,31-29+,35-33-,41-38-,55-52+. The molecule has 9 nitrogen and oxygen atoms in total. The summed E-state index contributed by atoms with van der Waals surface area (Å²) < 4.78 is 30.3. The van der Waals surface area contributed by atoms with E-state index in [1.165, 1.54) is 116 Å². The molecule has 0 heterocycles. The number of carbonyl (C=O) groups is 2. The highest BCUT2D eigenvalue weighted by molar-refractivity contribution is 7.45. The molecule has 74 heavy (non-hydrogen) atoms. The molecule has 0 aromatic carbocycles. The van der Waals surface area contributed by atoms with E-state index in [1.54, 1.807) is 0 Å². The summed E-state index contributed by atoms with van der Waals surface area (Å²) in [5, 5.41) is 3.01. The Hall–Kier alpha value is -2.81. The summed E-state index contributed by atoms with van der Waals surface area (Å²) >= 11 is 0. The Balaban J connectivity index is 5.36. The molecule has 3 unspecified atom stereocenters. The minimum Gasteiger partial charge on any atom is -0.756 e. The van der Waals surface area contributed by atoms with Gasteiger partial charge in [0.05, 0.1) is 33.8 Å². The lowest BCUT2D eigenvalue weighted by Crippen LogP contribution is -2.47. The van der Waals surface area contributed by atoms with Crippen molar-refractivity contribution in [3.05, 3.63) is 85.1 Å². The highest BCUT2D eigenvalue weighted by atomic mass is 31.2. The number of nitrogens with zero attached hydrogens (tertiary/aromatic N) is 1. The molecule has 0 saturated carbocycles. The maximum absolute atomic E-state index is 13.5. The van der Waals surface area contributed by atoms with E-state index in [4.69, 9.17) is 13.8 Å². The Labute approximate surface area is 456 Å². The second-order valence-corrected chi connectivity index (χ2v) is 22.9. The number of carbonyl (C=O) groups excluding carboxylic acids is 2. The van der Waals surface area contributed by atoms with Gasteiger partial charge in [0.1, 0.15) is 19.3 Å². The van der Waals surface area contributed by atoms with Crippen LogP contribution in [0.4, 0.5) is 0 Å². The first-order valence-corrected chi connectivity index (χ1v) is 31.9. The quantitative estimate of drug-likeness (QED) is 0.0212. The molecule has 1 amide bonds. The third kappa shape index (κ3) is 54.0. The molecule has 0 aromatic heterocycles. The molecule has 0 bridgehead atoms. The summed E-state index contributed by atoms with van der Waals surface area (Å²) in [6.45, 7) is 6.69. The van der Waals surface area contributed by atoms with Gasteiger partial charge in [-0.2, -0.15) is 0 Å². The number of allylic oxidation sites excluding steroid dienone is 13. The van der Waals surface area contributed by atoms with Crippen LogP contribution in [-0.4, -0.2) is 69.4 Å². The number of quaternary nitrogens is 1. The Kier molecular flexibility index (Phi) is 51.5. The molecule has 0 aromatic rings. The lowest BCUT2D eigenvalue weighted by atomic mass is 10.0. The molecule has 0 saturated heterocycles. The number of phosphoric ester groups is 1. The number of hydrogen-bond acceptors (Lipinski definition) is 7. The van der Waals surface area contributed by atoms with Crippen molar-refractivity contribution in [2.75, 3.05) is 40.9 Å². The number of nitrogens with one attached hydrogen (secondary N) is 1. The number of phosphoric acid groups is 1. The summed E-state index contributed by atoms with van der Waals surface area (Å²) in [5.41, 5.74) is 0. The van der Waals surface area contributed by atoms with Crippen LogP contribution in [0.2, 0.25) is 0 Å². The molecule has 428 valence electrons. The van der Waals surface area contributed by atoms with Crippen LogP contribution in [0.5, 0.6) is 0 Å². The SMILES string of the molecule is CC/C=C\C/C=C\C/C=C\C/C=C\C/C=C\CCCCCC(=O)NC(COP(=O)([O-])OCC[N+](C)(C)C)C(/C=C/CCCCCCCCCCCC)OC(=O)CCCCCCCCC/C=C/CCCCCCCC. The maximum atomic E-state index is 13.5. The van der Waals surface area contributed by atoms with Gasteiger partial charge in [0.15, 0.2) is 0 Å². The minimum absolute atomic E-state index is 0.0329. The predicted molar refractivity (Wildman–Crippen MR) is 316 cm³/mol. The molecule has 0 spiro atoms. The van der Waals surface area contributed by atoms with Gasteiger partial charge in [-0.05, 0) is 102 Å². The first kappa shape index (κ1) is 71.2. The Morgan fingerprint density at radius 3 is 1.32 bits per heavy atom. The van der Waals surface area contributed by atoms with Crippen LogP contribution in [-0.2, 0) is 27.9 Å². The fourth-order valence-corrected chi connectivity index (χ4v) is 9.09. The lowest BCUT2D eigenvalue weighted by molar-refractivity contribution is -0.870. The van der Waals surface area contributed by atoms with Gasteiger partial charge in [-0.3, -0.25) is 14.2 Å². The smallest absolute Gasteiger partial charge is 0.306 e. The summed E-state index contributed by atoms with van der Waals surface area (Å²) in [4.78, 5) is 39.9. The van der Waals surface area contributed by atoms with Crippen molar-refractivity contribution in [2.24, 2.45) is 0 Å². The average Bonchev–Trinajstić information content (AvgIpc) is 3.36. The third-order valence-corrected chi connectivity index (χ3v) is 14.0. The molecule has 0 fully saturated rings. The molecule has 0 rings (SSSR count). The zero-order valence-corrected chi connectivity index (χ0v) is 49.7. The van der Waals surface area contributed by atoms with Gasteiger partial charge in [-0.25, -0.2) is 0 Å². The van der Waals surface area contributed by atoms with Gasteiger partial charge in [0.2, 0.25) is 5.91 Å². The first-order chi connectivity index (χ1) is 35.9. The molecule has 3 atom stereocenters. The zero-order valence-electron chi connectivity index (χ0n) is 48.8. The summed E-state index contributed by atoms with van der Waals surface area (Å²) in [6, 6.07) is -0.911. The van der Waals surface area contributed by atoms with Crippen LogP contribution in [0, 0.1) is 0 Å². The number of ether oxygens (including phenoxy) is 1. The van der Waals surface area contributed by atoms with E-state index in [9.17, 15) is 19.0 Å². The average molecular weight is 1060 g/mol. The second kappa shape index (κ2) is 53.6. The van der Waals surface area contributed by atoms with Gasteiger partial charge in [-0.15, -0.1) is 0 Å². The minimum atomic E-state index is -4.71. The van der Waals surface area contributed by atoms with E-state index in [0.717, 1.165) is 103 Å². The molecular formula is C64H115N2O7P. The van der Waals surface area contributed by atoms with Gasteiger partial charge in [0.25, 0.3) is 7.82 Å². The number of unbranched alkanes of at least 4 members (excludes halogenated alkanes) is 26. The first-order valence-electron chi connectivity index (χ1n) is 30.4. The number of amides is 1. The highest BCUT2D eigenvalue weighted by Gasteiger charge is 2.27. The molecule has 0 aliphatic carbocycles. The van der Waals surface area contributed by atoms with Gasteiger partial charge in [0, 0.05) is 12.8 Å². The van der Waals surface area contributed by atoms with E-state index < -0.39 is 26.6 Å². The van der Waals surface area contributed by atoms with Crippen molar-refractivity contribution in [2.45, 2.75) is 270 Å². The predicted octanol–water partition coefficient (Wildman–Crippen LogP) is 18.0. The normalized spacial score (nSPS) is 14.3.